The Morgan fingerprint density at radius 3 is 1.57 bits per heavy atom. The Hall–Kier alpha value is -6.26. The molecule has 0 aliphatic carbocycles. The predicted molar refractivity (Wildman–Crippen MR) is 221 cm³/mol. The van der Waals surface area contributed by atoms with E-state index in [2.05, 4.69) is 79.1 Å². The van der Waals surface area contributed by atoms with E-state index in [4.69, 9.17) is 15.8 Å². The van der Waals surface area contributed by atoms with Crippen molar-refractivity contribution in [1.82, 2.24) is 15.0 Å². The number of aromatic hydroxyl groups is 2. The number of aryl methyl sites for hydroxylation is 2. The van der Waals surface area contributed by atoms with Gasteiger partial charge in [0, 0.05) is 21.4 Å². The summed E-state index contributed by atoms with van der Waals surface area (Å²) in [5.74, 6) is 0.879. The highest BCUT2D eigenvalue weighted by Crippen LogP contribution is 2.47. The fraction of sp³-hybridized carbons (Fsp3) is 0.0541. The van der Waals surface area contributed by atoms with Crippen LogP contribution in [0.4, 0.5) is 45.8 Å². The molecule has 1 aromatic heterocycles. The molecule has 24 heteroatoms. The second-order valence-electron chi connectivity index (χ2n) is 12.2. The van der Waals surface area contributed by atoms with Gasteiger partial charge in [0.1, 0.15) is 23.0 Å². The van der Waals surface area contributed by atoms with Crippen LogP contribution in [0.25, 0.3) is 21.5 Å². The molecule has 0 aliphatic heterocycles. The van der Waals surface area contributed by atoms with E-state index < -0.39 is 0 Å². The molecule has 0 spiro atoms. The second kappa shape index (κ2) is 20.3. The average Bonchev–Trinajstić information content (AvgIpc) is 3.26. The number of phenols is 2. The van der Waals surface area contributed by atoms with Gasteiger partial charge in [0.25, 0.3) is 0 Å². The summed E-state index contributed by atoms with van der Waals surface area (Å²) in [6.45, 7) is 3.50. The number of aromatic nitrogens is 3. The molecule has 21 nitrogen and oxygen atoms in total. The Bertz CT molecular complexity index is 2750. The Labute approximate surface area is 356 Å². The topological polar surface area (TPSA) is 281 Å². The molecule has 7 rings (SSSR count). The first kappa shape index (κ1) is 42.8. The average molecular weight is 885 g/mol. The minimum atomic E-state index is -0.266. The molecule has 0 radical (unpaired) electrons. The quantitative estimate of drug-likeness (QED) is 0.0214. The van der Waals surface area contributed by atoms with E-state index in [1.807, 2.05) is 0 Å². The number of nitrogens with one attached hydrogen (secondary N) is 1. The van der Waals surface area contributed by atoms with E-state index in [-0.39, 0.29) is 32.7 Å². The van der Waals surface area contributed by atoms with Crippen molar-refractivity contribution in [2.75, 3.05) is 5.32 Å². The van der Waals surface area contributed by atoms with Crippen LogP contribution < -0.4 is 5.32 Å². The van der Waals surface area contributed by atoms with Gasteiger partial charge >= 0.3 is 0 Å². The fourth-order valence-electron chi connectivity index (χ4n) is 5.58. The largest absolute Gasteiger partial charge is 0.505 e. The third-order valence-corrected chi connectivity index (χ3v) is 10.0. The molecule has 0 saturated heterocycles. The number of phenolic OH excluding ortho intramolecular Hbond substituents is 2. The Morgan fingerprint density at radius 1 is 0.492 bits per heavy atom. The number of rotatable bonds is 17. The minimum absolute atomic E-state index is 0.00808. The molecule has 6 N–H and O–H groups in total. The van der Waals surface area contributed by atoms with Crippen molar-refractivity contribution in [2.24, 2.45) is 30.7 Å². The summed E-state index contributed by atoms with van der Waals surface area (Å²) in [5, 5.41) is 90.5. The minimum Gasteiger partial charge on any atom is -0.505 e. The third-order valence-electron chi connectivity index (χ3n) is 8.17. The van der Waals surface area contributed by atoms with Crippen molar-refractivity contribution in [3.8, 4) is 11.5 Å². The normalized spacial score (nSPS) is 11.9. The Morgan fingerprint density at radius 2 is 0.984 bits per heavy atom. The number of fused-ring (bicyclic) bond motifs is 2. The fourth-order valence-corrected chi connectivity index (χ4v) is 6.93. The second-order valence-corrected chi connectivity index (χ2v) is 14.4. The lowest BCUT2D eigenvalue weighted by atomic mass is 10.1. The number of hydrogen-bond donors (Lipinski definition) is 6. The highest BCUT2D eigenvalue weighted by Gasteiger charge is 2.18. The van der Waals surface area contributed by atoms with E-state index in [1.54, 1.807) is 111 Å². The lowest BCUT2D eigenvalue weighted by Crippen LogP contribution is -2.02. The van der Waals surface area contributed by atoms with Gasteiger partial charge in [-0.3, -0.25) is 0 Å². The van der Waals surface area contributed by atoms with Gasteiger partial charge in [-0.05, 0) is 116 Å². The number of nitrogens with zero attached hydrogens (tertiary/aromatic N) is 9. The molecular formula is C37H28N10O11S3. The molecule has 7 aromatic rings. The van der Waals surface area contributed by atoms with Crippen molar-refractivity contribution in [3.05, 3.63) is 109 Å². The van der Waals surface area contributed by atoms with Crippen LogP contribution >= 0.6 is 36.1 Å². The molecule has 1 heterocycles. The smallest absolute Gasteiger partial charge is 0.230 e. The van der Waals surface area contributed by atoms with Crippen molar-refractivity contribution >= 4 is 103 Å². The van der Waals surface area contributed by atoms with Crippen LogP contribution in [0, 0.1) is 13.8 Å². The first-order valence-corrected chi connectivity index (χ1v) is 19.4. The van der Waals surface area contributed by atoms with Gasteiger partial charge in [-0.25, -0.2) is 20.8 Å². The monoisotopic (exact) mass is 884 g/mol. The maximum absolute atomic E-state index is 11.5. The van der Waals surface area contributed by atoms with Crippen LogP contribution in [0.5, 0.6) is 11.5 Å². The van der Waals surface area contributed by atoms with Crippen molar-refractivity contribution in [2.45, 2.75) is 28.5 Å². The molecule has 61 heavy (non-hydrogen) atoms. The summed E-state index contributed by atoms with van der Waals surface area (Å²) in [7, 11) is 0. The maximum Gasteiger partial charge on any atom is 0.230 e. The zero-order valence-corrected chi connectivity index (χ0v) is 33.6. The molecule has 0 aliphatic rings. The Kier molecular flexibility index (Phi) is 14.3. The number of hydrogen-bond acceptors (Lipinski definition) is 24. The van der Waals surface area contributed by atoms with Gasteiger partial charge in [-0.15, -0.1) is 23.2 Å². The van der Waals surface area contributed by atoms with E-state index in [0.717, 1.165) is 12.0 Å². The van der Waals surface area contributed by atoms with Gasteiger partial charge in [0.15, 0.2) is 11.5 Å². The molecule has 0 amide bonds. The Balaban J connectivity index is 1.14. The molecule has 0 unspecified atom stereocenters. The lowest BCUT2D eigenvalue weighted by Gasteiger charge is -2.12. The van der Waals surface area contributed by atoms with Crippen LogP contribution in [0.15, 0.2) is 142 Å². The third kappa shape index (κ3) is 10.9. The highest BCUT2D eigenvalue weighted by molar-refractivity contribution is 7.95. The van der Waals surface area contributed by atoms with Crippen molar-refractivity contribution < 1.29 is 54.1 Å². The highest BCUT2D eigenvalue weighted by atomic mass is 32.2. The van der Waals surface area contributed by atoms with Gasteiger partial charge < -0.3 is 15.5 Å². The summed E-state index contributed by atoms with van der Waals surface area (Å²) in [4.78, 5) is 13.9. The standard InChI is InChI=1S/C37H28N10O11S3/c1-19-38-20(2)40-37(39-19)41-26-4-3-21-16-31(60-57-54-51)34(36(49)30(21)18-26)47-45-27-11-14-29-22(15-27)17-32(61-58-55-52)33(35(29)48)46-44-24-7-5-23(6-8-24)42-43-25-9-12-28(13-10-25)59-56-53-50/h3-18,48-52H,1-2H3,(H,38,39,40,41). The molecule has 0 fully saturated rings. The van der Waals surface area contributed by atoms with Gasteiger partial charge in [0.2, 0.25) is 5.95 Å². The van der Waals surface area contributed by atoms with Crippen molar-refractivity contribution in [3.63, 3.8) is 0 Å². The molecular weight excluding hydrogens is 857 g/mol. The van der Waals surface area contributed by atoms with Crippen LogP contribution in [0.3, 0.4) is 0 Å². The van der Waals surface area contributed by atoms with Crippen LogP contribution in [0.1, 0.15) is 11.6 Å². The number of benzene rings is 6. The molecule has 6 aromatic carbocycles. The van der Waals surface area contributed by atoms with E-state index in [1.165, 1.54) is 0 Å². The summed E-state index contributed by atoms with van der Waals surface area (Å²) in [5.41, 5.74) is 2.40. The summed E-state index contributed by atoms with van der Waals surface area (Å²) >= 11 is 1.98. The number of anilines is 2. The van der Waals surface area contributed by atoms with Gasteiger partial charge in [0.05, 0.1) is 68.7 Å². The first-order valence-electron chi connectivity index (χ1n) is 17.2. The summed E-state index contributed by atoms with van der Waals surface area (Å²) in [6.07, 6.45) is 0. The maximum atomic E-state index is 11.5. The summed E-state index contributed by atoms with van der Waals surface area (Å²) < 4.78 is 13.8. The zero-order valence-electron chi connectivity index (χ0n) is 31.2. The van der Waals surface area contributed by atoms with E-state index in [9.17, 15) is 10.2 Å². The van der Waals surface area contributed by atoms with Crippen molar-refractivity contribution in [1.29, 1.82) is 0 Å². The molecule has 310 valence electrons. The van der Waals surface area contributed by atoms with Crippen LogP contribution in [-0.4, -0.2) is 40.9 Å². The number of azo groups is 3. The van der Waals surface area contributed by atoms with Crippen LogP contribution in [0.2, 0.25) is 0 Å². The SMILES string of the molecule is Cc1nc(C)nc(Nc2ccc3cc(SOOO)c(N=Nc4ccc5c(O)c(N=Nc6ccc(N=Nc7ccc(SOOO)cc7)cc6)c(SOOO)cc5c4)c(O)c3c2)n1. The van der Waals surface area contributed by atoms with Gasteiger partial charge in [-0.1, -0.05) is 21.2 Å². The van der Waals surface area contributed by atoms with Gasteiger partial charge in [-0.2, -0.15) is 30.4 Å². The zero-order chi connectivity index (χ0) is 42.7. The van der Waals surface area contributed by atoms with E-state index >= 15 is 0 Å². The molecule has 0 saturated carbocycles. The molecule has 0 atom stereocenters. The van der Waals surface area contributed by atoms with Crippen LogP contribution in [-0.2, 0) is 28.1 Å². The lowest BCUT2D eigenvalue weighted by molar-refractivity contribution is -0.432. The summed E-state index contributed by atoms with van der Waals surface area (Å²) in [6, 6.07) is 26.7. The predicted octanol–water partition coefficient (Wildman–Crippen LogP) is 12.5. The molecule has 0 bridgehead atoms. The first-order chi connectivity index (χ1) is 29.7. The van der Waals surface area contributed by atoms with E-state index in [0.29, 0.717) is 96.6 Å².